The molecule has 0 fully saturated rings. The average Bonchev–Trinajstić information content (AvgIpc) is 2.58. The summed E-state index contributed by atoms with van der Waals surface area (Å²) in [6.07, 6.45) is 1.92. The third kappa shape index (κ3) is 5.62. The van der Waals surface area contributed by atoms with E-state index in [2.05, 4.69) is 5.32 Å². The van der Waals surface area contributed by atoms with E-state index < -0.39 is 15.9 Å². The summed E-state index contributed by atoms with van der Waals surface area (Å²) >= 11 is 11.9. The van der Waals surface area contributed by atoms with E-state index in [1.807, 2.05) is 19.1 Å². The Kier molecular flexibility index (Phi) is 6.92. The molecular weight excluding hydrogens is 395 g/mol. The number of hydrogen-bond acceptors (Lipinski definition) is 3. The zero-order chi connectivity index (χ0) is 19.3. The molecule has 0 aliphatic rings. The third-order valence-corrected chi connectivity index (χ3v) is 5.54. The van der Waals surface area contributed by atoms with Crippen molar-refractivity contribution < 1.29 is 13.2 Å². The summed E-state index contributed by atoms with van der Waals surface area (Å²) in [6.45, 7) is 1.88. The summed E-state index contributed by atoms with van der Waals surface area (Å²) < 4.78 is 25.3. The molecule has 0 aliphatic carbocycles. The van der Waals surface area contributed by atoms with Gasteiger partial charge in [-0.05, 0) is 41.8 Å². The van der Waals surface area contributed by atoms with Crippen molar-refractivity contribution in [3.63, 3.8) is 0 Å². The Bertz CT molecular complexity index is 884. The lowest BCUT2D eigenvalue weighted by Crippen LogP contribution is -2.40. The SMILES string of the molecule is CCc1ccc(N(CC(=O)NCc2ccc(Cl)cc2Cl)S(C)(=O)=O)cc1. The minimum atomic E-state index is -3.60. The van der Waals surface area contributed by atoms with Gasteiger partial charge in [-0.25, -0.2) is 8.42 Å². The van der Waals surface area contributed by atoms with E-state index in [-0.39, 0.29) is 13.1 Å². The van der Waals surface area contributed by atoms with Gasteiger partial charge in [0.2, 0.25) is 15.9 Å². The fourth-order valence-corrected chi connectivity index (χ4v) is 3.67. The second-order valence-corrected chi connectivity index (χ2v) is 8.55. The molecule has 1 N–H and O–H groups in total. The van der Waals surface area contributed by atoms with Crippen LogP contribution in [-0.2, 0) is 27.8 Å². The van der Waals surface area contributed by atoms with Crippen LogP contribution in [0.2, 0.25) is 10.0 Å². The van der Waals surface area contributed by atoms with Crippen LogP contribution in [0.25, 0.3) is 0 Å². The van der Waals surface area contributed by atoms with Crippen LogP contribution in [0.1, 0.15) is 18.1 Å². The number of carbonyl (C=O) groups excluding carboxylic acids is 1. The van der Waals surface area contributed by atoms with E-state index in [1.54, 1.807) is 30.3 Å². The summed E-state index contributed by atoms with van der Waals surface area (Å²) in [5, 5.41) is 3.62. The Morgan fingerprint density at radius 2 is 1.77 bits per heavy atom. The molecule has 0 unspecified atom stereocenters. The summed E-state index contributed by atoms with van der Waals surface area (Å²) in [7, 11) is -3.60. The first-order valence-corrected chi connectivity index (χ1v) is 10.6. The topological polar surface area (TPSA) is 66.5 Å². The number of carbonyl (C=O) groups is 1. The predicted molar refractivity (Wildman–Crippen MR) is 106 cm³/mol. The van der Waals surface area contributed by atoms with Gasteiger partial charge in [0.25, 0.3) is 0 Å². The summed E-state index contributed by atoms with van der Waals surface area (Å²) in [6, 6.07) is 12.1. The van der Waals surface area contributed by atoms with Gasteiger partial charge in [0.15, 0.2) is 0 Å². The fourth-order valence-electron chi connectivity index (χ4n) is 2.34. The van der Waals surface area contributed by atoms with E-state index >= 15 is 0 Å². The number of amides is 1. The molecule has 140 valence electrons. The largest absolute Gasteiger partial charge is 0.350 e. The molecule has 26 heavy (non-hydrogen) atoms. The van der Waals surface area contributed by atoms with Crippen molar-refractivity contribution >= 4 is 44.8 Å². The summed E-state index contributed by atoms with van der Waals surface area (Å²) in [4.78, 5) is 12.3. The Hall–Kier alpha value is -1.76. The number of sulfonamides is 1. The molecule has 0 aromatic heterocycles. The summed E-state index contributed by atoms with van der Waals surface area (Å²) in [5.41, 5.74) is 2.23. The lowest BCUT2D eigenvalue weighted by atomic mass is 10.1. The number of anilines is 1. The van der Waals surface area contributed by atoms with E-state index in [0.717, 1.165) is 22.5 Å². The smallest absolute Gasteiger partial charge is 0.241 e. The predicted octanol–water partition coefficient (Wildman–Crippen LogP) is 3.64. The van der Waals surface area contributed by atoms with Gasteiger partial charge in [0.05, 0.1) is 11.9 Å². The third-order valence-electron chi connectivity index (χ3n) is 3.81. The standard InChI is InChI=1S/C18H20Cl2N2O3S/c1-3-13-4-8-16(9-5-13)22(26(2,24)25)12-18(23)21-11-14-6-7-15(19)10-17(14)20/h4-10H,3,11-12H2,1-2H3,(H,21,23). The first-order chi connectivity index (χ1) is 12.2. The molecule has 0 radical (unpaired) electrons. The minimum absolute atomic E-state index is 0.182. The van der Waals surface area contributed by atoms with Crippen molar-refractivity contribution in [3.8, 4) is 0 Å². The first kappa shape index (κ1) is 20.6. The molecule has 0 saturated heterocycles. The normalized spacial score (nSPS) is 11.2. The highest BCUT2D eigenvalue weighted by Gasteiger charge is 2.20. The highest BCUT2D eigenvalue weighted by Crippen LogP contribution is 2.21. The maximum atomic E-state index is 12.3. The Morgan fingerprint density at radius 1 is 1.12 bits per heavy atom. The quantitative estimate of drug-likeness (QED) is 0.751. The van der Waals surface area contributed by atoms with Crippen molar-refractivity contribution in [2.45, 2.75) is 19.9 Å². The number of nitrogens with one attached hydrogen (secondary N) is 1. The Labute approximate surface area is 164 Å². The van der Waals surface area contributed by atoms with Crippen LogP contribution >= 0.6 is 23.2 Å². The molecule has 8 heteroatoms. The van der Waals surface area contributed by atoms with Gasteiger partial charge >= 0.3 is 0 Å². The van der Waals surface area contributed by atoms with E-state index in [4.69, 9.17) is 23.2 Å². The van der Waals surface area contributed by atoms with Crippen LogP contribution in [0.4, 0.5) is 5.69 Å². The molecule has 1 amide bonds. The second kappa shape index (κ2) is 8.75. The van der Waals surface area contributed by atoms with Crippen LogP contribution in [-0.4, -0.2) is 27.1 Å². The van der Waals surface area contributed by atoms with E-state index in [9.17, 15) is 13.2 Å². The average molecular weight is 415 g/mol. The van der Waals surface area contributed by atoms with Crippen molar-refractivity contribution in [2.75, 3.05) is 17.1 Å². The van der Waals surface area contributed by atoms with Crippen molar-refractivity contribution in [3.05, 3.63) is 63.6 Å². The molecule has 0 spiro atoms. The molecule has 5 nitrogen and oxygen atoms in total. The molecule has 2 aromatic carbocycles. The molecule has 0 heterocycles. The first-order valence-electron chi connectivity index (χ1n) is 7.98. The maximum Gasteiger partial charge on any atom is 0.241 e. The molecule has 0 saturated carbocycles. The highest BCUT2D eigenvalue weighted by atomic mass is 35.5. The molecule has 2 rings (SSSR count). The zero-order valence-corrected chi connectivity index (χ0v) is 16.8. The second-order valence-electron chi connectivity index (χ2n) is 5.80. The molecular formula is C18H20Cl2N2O3S. The number of benzene rings is 2. The van der Waals surface area contributed by atoms with Crippen molar-refractivity contribution in [2.24, 2.45) is 0 Å². The van der Waals surface area contributed by atoms with Gasteiger partial charge in [-0.15, -0.1) is 0 Å². The summed E-state index contributed by atoms with van der Waals surface area (Å²) in [5.74, 6) is -0.430. The lowest BCUT2D eigenvalue weighted by molar-refractivity contribution is -0.119. The number of rotatable bonds is 7. The molecule has 0 aliphatic heterocycles. The maximum absolute atomic E-state index is 12.3. The number of halogens is 2. The van der Waals surface area contributed by atoms with Gasteiger partial charge in [-0.1, -0.05) is 48.3 Å². The number of hydrogen-bond donors (Lipinski definition) is 1. The highest BCUT2D eigenvalue weighted by molar-refractivity contribution is 7.92. The zero-order valence-electron chi connectivity index (χ0n) is 14.5. The minimum Gasteiger partial charge on any atom is -0.350 e. The molecule has 2 aromatic rings. The van der Waals surface area contributed by atoms with Gasteiger partial charge in [0, 0.05) is 16.6 Å². The van der Waals surface area contributed by atoms with Gasteiger partial charge in [0.1, 0.15) is 6.54 Å². The molecule has 0 atom stereocenters. The fraction of sp³-hybridized carbons (Fsp3) is 0.278. The monoisotopic (exact) mass is 414 g/mol. The Morgan fingerprint density at radius 3 is 2.31 bits per heavy atom. The number of aryl methyl sites for hydroxylation is 1. The van der Waals surface area contributed by atoms with E-state index in [0.29, 0.717) is 21.3 Å². The lowest BCUT2D eigenvalue weighted by Gasteiger charge is -2.22. The molecule has 0 bridgehead atoms. The van der Waals surface area contributed by atoms with Crippen molar-refractivity contribution in [1.29, 1.82) is 0 Å². The van der Waals surface area contributed by atoms with Gasteiger partial charge in [-0.2, -0.15) is 0 Å². The van der Waals surface area contributed by atoms with Crippen LogP contribution in [0, 0.1) is 0 Å². The van der Waals surface area contributed by atoms with E-state index in [1.165, 1.54) is 0 Å². The Balaban J connectivity index is 2.09. The van der Waals surface area contributed by atoms with Crippen LogP contribution in [0.3, 0.4) is 0 Å². The van der Waals surface area contributed by atoms with Crippen LogP contribution in [0.5, 0.6) is 0 Å². The van der Waals surface area contributed by atoms with Crippen LogP contribution in [0.15, 0.2) is 42.5 Å². The van der Waals surface area contributed by atoms with Gasteiger partial charge < -0.3 is 5.32 Å². The number of nitrogens with zero attached hydrogens (tertiary/aromatic N) is 1. The van der Waals surface area contributed by atoms with Crippen LogP contribution < -0.4 is 9.62 Å². The van der Waals surface area contributed by atoms with Crippen molar-refractivity contribution in [1.82, 2.24) is 5.32 Å². The van der Waals surface area contributed by atoms with Gasteiger partial charge in [-0.3, -0.25) is 9.10 Å².